The molecule has 0 amide bonds. The molecule has 0 aromatic carbocycles. The lowest BCUT2D eigenvalue weighted by Crippen LogP contribution is -2.38. The summed E-state index contributed by atoms with van der Waals surface area (Å²) in [7, 11) is 0. The van der Waals surface area contributed by atoms with Crippen LogP contribution < -0.4 is 22.9 Å². The summed E-state index contributed by atoms with van der Waals surface area (Å²) in [6, 6.07) is -2.06. The van der Waals surface area contributed by atoms with Crippen LogP contribution in [0.5, 0.6) is 0 Å². The first-order chi connectivity index (χ1) is 12.7. The fourth-order valence-electron chi connectivity index (χ4n) is 1.97. The molecule has 28 heavy (non-hydrogen) atoms. The van der Waals surface area contributed by atoms with Crippen LogP contribution in [-0.2, 0) is 28.7 Å². The van der Waals surface area contributed by atoms with E-state index in [9.17, 15) is 24.3 Å². The van der Waals surface area contributed by atoms with Gasteiger partial charge < -0.3 is 43.0 Å². The third-order valence-electron chi connectivity index (χ3n) is 3.59. The van der Waals surface area contributed by atoms with E-state index in [4.69, 9.17) is 22.9 Å². The van der Waals surface area contributed by atoms with Gasteiger partial charge in [-0.1, -0.05) is 12.8 Å². The SMILES string of the molecule is NCCCC[C@@H](N)C(=O)OC(=O)CC(O)C(=O)OC(=O)[C@H](N)CCCCN.O. The van der Waals surface area contributed by atoms with Gasteiger partial charge in [0.05, 0.1) is 6.42 Å². The summed E-state index contributed by atoms with van der Waals surface area (Å²) in [5, 5.41) is 9.62. The molecule has 0 rings (SSSR count). The van der Waals surface area contributed by atoms with E-state index in [-0.39, 0.29) is 18.3 Å². The number of carbonyl (C=O) groups excluding carboxylic acids is 4. The standard InChI is InChI=1S/C16H30N4O7.H2O/c17-7-3-1-5-10(19)14(23)26-13(22)9-12(21)16(25)27-15(24)11(20)6-2-4-8-18;/h10-12,21H,1-9,17-20H2;1H2/t10-,11-,12?;/m1./s1. The highest BCUT2D eigenvalue weighted by Gasteiger charge is 2.28. The minimum Gasteiger partial charge on any atom is -0.412 e. The summed E-state index contributed by atoms with van der Waals surface area (Å²) >= 11 is 0. The molecule has 0 radical (unpaired) electrons. The summed E-state index contributed by atoms with van der Waals surface area (Å²) < 4.78 is 8.87. The van der Waals surface area contributed by atoms with E-state index in [0.29, 0.717) is 38.8 Å². The van der Waals surface area contributed by atoms with E-state index in [1.54, 1.807) is 0 Å². The van der Waals surface area contributed by atoms with Crippen LogP contribution in [0.2, 0.25) is 0 Å². The van der Waals surface area contributed by atoms with Crippen molar-refractivity contribution < 1.29 is 39.2 Å². The first-order valence-electron chi connectivity index (χ1n) is 8.82. The summed E-state index contributed by atoms with van der Waals surface area (Å²) in [5.74, 6) is -4.53. The fourth-order valence-corrected chi connectivity index (χ4v) is 1.97. The number of rotatable bonds is 13. The van der Waals surface area contributed by atoms with Crippen molar-refractivity contribution in [3.8, 4) is 0 Å². The van der Waals surface area contributed by atoms with E-state index in [1.807, 2.05) is 0 Å². The van der Waals surface area contributed by atoms with Gasteiger partial charge in [-0.2, -0.15) is 0 Å². The van der Waals surface area contributed by atoms with Crippen molar-refractivity contribution in [3.05, 3.63) is 0 Å². The molecule has 0 saturated carbocycles. The van der Waals surface area contributed by atoms with Crippen molar-refractivity contribution in [2.24, 2.45) is 22.9 Å². The van der Waals surface area contributed by atoms with Gasteiger partial charge >= 0.3 is 23.9 Å². The minimum atomic E-state index is -1.97. The second-order valence-electron chi connectivity index (χ2n) is 6.04. The lowest BCUT2D eigenvalue weighted by molar-refractivity contribution is -0.172. The molecule has 0 spiro atoms. The molecule has 0 aliphatic carbocycles. The van der Waals surface area contributed by atoms with Crippen molar-refractivity contribution in [3.63, 3.8) is 0 Å². The Morgan fingerprint density at radius 1 is 0.750 bits per heavy atom. The Bertz CT molecular complexity index is 503. The van der Waals surface area contributed by atoms with E-state index in [1.165, 1.54) is 0 Å². The highest BCUT2D eigenvalue weighted by atomic mass is 16.6. The molecule has 0 aromatic rings. The summed E-state index contributed by atoms with van der Waals surface area (Å²) in [4.78, 5) is 46.4. The molecule has 0 aliphatic heterocycles. The van der Waals surface area contributed by atoms with Crippen LogP contribution in [0.3, 0.4) is 0 Å². The third-order valence-corrected chi connectivity index (χ3v) is 3.59. The largest absolute Gasteiger partial charge is 0.412 e. The van der Waals surface area contributed by atoms with Gasteiger partial charge in [-0.25, -0.2) is 14.4 Å². The zero-order valence-corrected chi connectivity index (χ0v) is 15.8. The number of carbonyl (C=O) groups is 4. The lowest BCUT2D eigenvalue weighted by Gasteiger charge is -2.13. The van der Waals surface area contributed by atoms with Crippen molar-refractivity contribution in [2.45, 2.75) is 63.1 Å². The fraction of sp³-hybridized carbons (Fsp3) is 0.750. The average Bonchev–Trinajstić information content (AvgIpc) is 2.61. The van der Waals surface area contributed by atoms with Gasteiger partial charge in [0, 0.05) is 0 Å². The zero-order chi connectivity index (χ0) is 20.8. The minimum absolute atomic E-state index is 0. The molecule has 12 heteroatoms. The number of unbranched alkanes of at least 4 members (excludes halogenated alkanes) is 2. The first-order valence-corrected chi connectivity index (χ1v) is 8.82. The van der Waals surface area contributed by atoms with Crippen LogP contribution in [0.15, 0.2) is 0 Å². The van der Waals surface area contributed by atoms with E-state index >= 15 is 0 Å². The van der Waals surface area contributed by atoms with Gasteiger partial charge in [-0.15, -0.1) is 0 Å². The van der Waals surface area contributed by atoms with Gasteiger partial charge in [0.1, 0.15) is 12.1 Å². The van der Waals surface area contributed by atoms with Crippen LogP contribution in [0.25, 0.3) is 0 Å². The maximum absolute atomic E-state index is 11.6. The normalized spacial score (nSPS) is 13.6. The van der Waals surface area contributed by atoms with Crippen molar-refractivity contribution in [1.82, 2.24) is 0 Å². The molecule has 0 aromatic heterocycles. The van der Waals surface area contributed by atoms with Crippen molar-refractivity contribution in [1.29, 1.82) is 0 Å². The lowest BCUT2D eigenvalue weighted by atomic mass is 10.1. The maximum atomic E-state index is 11.6. The second kappa shape index (κ2) is 16.0. The molecule has 0 bridgehead atoms. The first kappa shape index (κ1) is 28.3. The van der Waals surface area contributed by atoms with Crippen LogP contribution >= 0.6 is 0 Å². The molecular weight excluding hydrogens is 376 g/mol. The topological polar surface area (TPSA) is 243 Å². The number of aliphatic hydroxyl groups excluding tert-OH is 1. The molecule has 3 atom stereocenters. The quantitative estimate of drug-likeness (QED) is 0.116. The smallest absolute Gasteiger partial charge is 0.343 e. The van der Waals surface area contributed by atoms with Crippen LogP contribution in [-0.4, -0.2) is 65.7 Å². The molecule has 0 fully saturated rings. The third kappa shape index (κ3) is 12.4. The predicted molar refractivity (Wildman–Crippen MR) is 98.2 cm³/mol. The van der Waals surface area contributed by atoms with E-state index in [2.05, 4.69) is 9.47 Å². The summed E-state index contributed by atoms with van der Waals surface area (Å²) in [6.07, 6.45) is 0.192. The summed E-state index contributed by atoms with van der Waals surface area (Å²) in [6.45, 7) is 0.890. The number of esters is 4. The van der Waals surface area contributed by atoms with Gasteiger partial charge in [-0.3, -0.25) is 4.79 Å². The number of hydrogen-bond donors (Lipinski definition) is 5. The van der Waals surface area contributed by atoms with E-state index < -0.39 is 48.5 Å². The molecule has 11 N–H and O–H groups in total. The number of nitrogens with two attached hydrogens (primary N) is 4. The molecule has 1 unspecified atom stereocenters. The Balaban J connectivity index is 0. The molecule has 164 valence electrons. The number of hydrogen-bond acceptors (Lipinski definition) is 11. The van der Waals surface area contributed by atoms with Crippen LogP contribution in [0, 0.1) is 0 Å². The van der Waals surface area contributed by atoms with Crippen LogP contribution in [0.4, 0.5) is 0 Å². The highest BCUT2D eigenvalue weighted by molar-refractivity contribution is 5.94. The number of aliphatic hydroxyl groups is 1. The Morgan fingerprint density at radius 2 is 1.18 bits per heavy atom. The maximum Gasteiger partial charge on any atom is 0.343 e. The summed E-state index contributed by atoms with van der Waals surface area (Å²) in [5.41, 5.74) is 21.7. The molecule has 12 nitrogen and oxygen atoms in total. The van der Waals surface area contributed by atoms with Gasteiger partial charge in [0.15, 0.2) is 6.10 Å². The van der Waals surface area contributed by atoms with Crippen LogP contribution in [0.1, 0.15) is 44.9 Å². The van der Waals surface area contributed by atoms with Gasteiger partial charge in [0.2, 0.25) is 0 Å². The Kier molecular flexibility index (Phi) is 16.2. The second-order valence-corrected chi connectivity index (χ2v) is 6.04. The zero-order valence-electron chi connectivity index (χ0n) is 15.8. The van der Waals surface area contributed by atoms with Gasteiger partial charge in [0.25, 0.3) is 0 Å². The predicted octanol–water partition coefficient (Wildman–Crippen LogP) is -3.04. The molecule has 0 aliphatic rings. The molecule has 0 heterocycles. The van der Waals surface area contributed by atoms with Crippen molar-refractivity contribution >= 4 is 23.9 Å². The molecular formula is C16H32N4O8. The molecule has 0 saturated heterocycles. The average molecular weight is 408 g/mol. The van der Waals surface area contributed by atoms with E-state index in [0.717, 1.165) is 0 Å². The Hall–Kier alpha value is -1.96. The number of ether oxygens (including phenoxy) is 2. The Labute approximate surface area is 163 Å². The van der Waals surface area contributed by atoms with Crippen molar-refractivity contribution in [2.75, 3.05) is 13.1 Å². The Morgan fingerprint density at radius 3 is 1.61 bits per heavy atom. The van der Waals surface area contributed by atoms with Gasteiger partial charge in [-0.05, 0) is 38.8 Å². The monoisotopic (exact) mass is 408 g/mol. The highest BCUT2D eigenvalue weighted by Crippen LogP contribution is 2.05.